The van der Waals surface area contributed by atoms with Crippen molar-refractivity contribution in [3.05, 3.63) is 90.0 Å². The third-order valence-electron chi connectivity index (χ3n) is 5.29. The Labute approximate surface area is 182 Å². The lowest BCUT2D eigenvalue weighted by molar-refractivity contribution is -0.120. The zero-order chi connectivity index (χ0) is 21.8. The SMILES string of the molecule is CCOc1ccc(S(=O)(=O)N2Cc3ccccc3CC2C(=O)Nc2ccccc2)cc1. The standard InChI is InChI=1S/C24H24N2O4S/c1-2-30-21-12-14-22(15-13-21)31(28,29)26-17-19-9-7-6-8-18(19)16-23(26)24(27)25-20-10-4-3-5-11-20/h3-15,23H,2,16-17H2,1H3,(H,25,27). The molecule has 1 atom stereocenters. The largest absolute Gasteiger partial charge is 0.494 e. The van der Waals surface area contributed by atoms with Crippen LogP contribution < -0.4 is 10.1 Å². The average Bonchev–Trinajstić information content (AvgIpc) is 2.79. The van der Waals surface area contributed by atoms with Gasteiger partial charge in [0, 0.05) is 12.2 Å². The molecule has 1 N–H and O–H groups in total. The molecule has 4 rings (SSSR count). The molecule has 6 nitrogen and oxygen atoms in total. The first-order valence-corrected chi connectivity index (χ1v) is 11.6. The van der Waals surface area contributed by atoms with Gasteiger partial charge in [-0.1, -0.05) is 42.5 Å². The van der Waals surface area contributed by atoms with E-state index in [1.54, 1.807) is 24.3 Å². The highest BCUT2D eigenvalue weighted by molar-refractivity contribution is 7.89. The van der Waals surface area contributed by atoms with Crippen molar-refractivity contribution in [1.29, 1.82) is 0 Å². The van der Waals surface area contributed by atoms with Gasteiger partial charge in [0.1, 0.15) is 11.8 Å². The molecule has 1 unspecified atom stereocenters. The summed E-state index contributed by atoms with van der Waals surface area (Å²) < 4.78 is 33.8. The van der Waals surface area contributed by atoms with E-state index in [1.807, 2.05) is 49.4 Å². The summed E-state index contributed by atoms with van der Waals surface area (Å²) in [6, 6.07) is 22.1. The van der Waals surface area contributed by atoms with Crippen molar-refractivity contribution in [3.8, 4) is 5.75 Å². The molecule has 1 aliphatic rings. The van der Waals surface area contributed by atoms with Crippen molar-refractivity contribution < 1.29 is 17.9 Å². The summed E-state index contributed by atoms with van der Waals surface area (Å²) in [7, 11) is -3.91. The number of carbonyl (C=O) groups is 1. The Morgan fingerprint density at radius 3 is 2.29 bits per heavy atom. The van der Waals surface area contributed by atoms with Gasteiger partial charge in [0.05, 0.1) is 11.5 Å². The van der Waals surface area contributed by atoms with E-state index in [0.717, 1.165) is 11.1 Å². The topological polar surface area (TPSA) is 75.7 Å². The minimum absolute atomic E-state index is 0.132. The van der Waals surface area contributed by atoms with Crippen molar-refractivity contribution in [2.75, 3.05) is 11.9 Å². The van der Waals surface area contributed by atoms with Gasteiger partial charge >= 0.3 is 0 Å². The van der Waals surface area contributed by atoms with Gasteiger partial charge in [0.25, 0.3) is 0 Å². The second-order valence-corrected chi connectivity index (χ2v) is 9.19. The molecule has 0 radical (unpaired) electrons. The third-order valence-corrected chi connectivity index (χ3v) is 7.16. The molecule has 1 aliphatic heterocycles. The van der Waals surface area contributed by atoms with Crippen LogP contribution in [0.3, 0.4) is 0 Å². The van der Waals surface area contributed by atoms with E-state index >= 15 is 0 Å². The Balaban J connectivity index is 1.68. The lowest BCUT2D eigenvalue weighted by Crippen LogP contribution is -2.50. The summed E-state index contributed by atoms with van der Waals surface area (Å²) in [5.41, 5.74) is 2.51. The van der Waals surface area contributed by atoms with E-state index in [2.05, 4.69) is 5.32 Å². The fraction of sp³-hybridized carbons (Fsp3) is 0.208. The van der Waals surface area contributed by atoms with Crippen LogP contribution in [0.5, 0.6) is 5.75 Å². The Morgan fingerprint density at radius 2 is 1.61 bits per heavy atom. The van der Waals surface area contributed by atoms with Gasteiger partial charge < -0.3 is 10.1 Å². The zero-order valence-corrected chi connectivity index (χ0v) is 18.0. The van der Waals surface area contributed by atoms with Gasteiger partial charge in [0.15, 0.2) is 0 Å². The number of amides is 1. The third kappa shape index (κ3) is 4.47. The predicted molar refractivity (Wildman–Crippen MR) is 119 cm³/mol. The molecule has 0 spiro atoms. The Morgan fingerprint density at radius 1 is 0.968 bits per heavy atom. The van der Waals surface area contributed by atoms with Crippen LogP contribution in [-0.2, 0) is 27.8 Å². The molecule has 0 aromatic heterocycles. The lowest BCUT2D eigenvalue weighted by atomic mass is 9.95. The minimum atomic E-state index is -3.91. The highest BCUT2D eigenvalue weighted by atomic mass is 32.2. The number of ether oxygens (including phenoxy) is 1. The van der Waals surface area contributed by atoms with E-state index in [-0.39, 0.29) is 17.3 Å². The summed E-state index contributed by atoms with van der Waals surface area (Å²) in [6.45, 7) is 2.50. The smallest absolute Gasteiger partial charge is 0.244 e. The van der Waals surface area contributed by atoms with E-state index in [0.29, 0.717) is 24.5 Å². The molecule has 0 aliphatic carbocycles. The second-order valence-electron chi connectivity index (χ2n) is 7.30. The minimum Gasteiger partial charge on any atom is -0.494 e. The number of sulfonamides is 1. The van der Waals surface area contributed by atoms with Gasteiger partial charge in [-0.3, -0.25) is 4.79 Å². The van der Waals surface area contributed by atoms with Crippen LogP contribution in [0.15, 0.2) is 83.8 Å². The number of para-hydroxylation sites is 1. The summed E-state index contributed by atoms with van der Waals surface area (Å²) in [5, 5.41) is 2.86. The quantitative estimate of drug-likeness (QED) is 0.637. The van der Waals surface area contributed by atoms with Gasteiger partial charge in [-0.05, 0) is 60.9 Å². The number of hydrogen-bond acceptors (Lipinski definition) is 4. The molecule has 0 saturated heterocycles. The summed E-state index contributed by atoms with van der Waals surface area (Å²) in [6.07, 6.45) is 0.311. The molecule has 3 aromatic carbocycles. The van der Waals surface area contributed by atoms with Crippen LogP contribution in [-0.4, -0.2) is 31.3 Å². The molecule has 0 saturated carbocycles. The number of hydrogen-bond donors (Lipinski definition) is 1. The van der Waals surface area contributed by atoms with Crippen molar-refractivity contribution in [1.82, 2.24) is 4.31 Å². The average molecular weight is 437 g/mol. The maximum atomic E-state index is 13.5. The summed E-state index contributed by atoms with van der Waals surface area (Å²) in [4.78, 5) is 13.3. The van der Waals surface area contributed by atoms with E-state index in [4.69, 9.17) is 4.74 Å². The molecule has 7 heteroatoms. The molecular formula is C24H24N2O4S. The van der Waals surface area contributed by atoms with Crippen molar-refractivity contribution in [2.45, 2.75) is 30.8 Å². The summed E-state index contributed by atoms with van der Waals surface area (Å²) >= 11 is 0. The zero-order valence-electron chi connectivity index (χ0n) is 17.2. The number of benzene rings is 3. The number of anilines is 1. The van der Waals surface area contributed by atoms with Crippen LogP contribution in [0, 0.1) is 0 Å². The molecule has 3 aromatic rings. The number of carbonyl (C=O) groups excluding carboxylic acids is 1. The fourth-order valence-corrected chi connectivity index (χ4v) is 5.30. The van der Waals surface area contributed by atoms with E-state index in [9.17, 15) is 13.2 Å². The number of fused-ring (bicyclic) bond motifs is 1. The van der Waals surface area contributed by atoms with Gasteiger partial charge in [0.2, 0.25) is 15.9 Å². The monoisotopic (exact) mass is 436 g/mol. The van der Waals surface area contributed by atoms with Crippen molar-refractivity contribution in [3.63, 3.8) is 0 Å². The molecule has 160 valence electrons. The maximum Gasteiger partial charge on any atom is 0.244 e. The highest BCUT2D eigenvalue weighted by Gasteiger charge is 2.39. The molecule has 1 amide bonds. The van der Waals surface area contributed by atoms with Crippen LogP contribution in [0.25, 0.3) is 0 Å². The van der Waals surface area contributed by atoms with Gasteiger partial charge in [-0.15, -0.1) is 0 Å². The fourth-order valence-electron chi connectivity index (χ4n) is 3.73. The molecular weight excluding hydrogens is 412 g/mol. The van der Waals surface area contributed by atoms with Crippen LogP contribution >= 0.6 is 0 Å². The predicted octanol–water partition coefficient (Wildman–Crippen LogP) is 3.84. The van der Waals surface area contributed by atoms with Crippen LogP contribution in [0.1, 0.15) is 18.1 Å². The normalized spacial score (nSPS) is 16.4. The first-order valence-electron chi connectivity index (χ1n) is 10.2. The van der Waals surface area contributed by atoms with Crippen molar-refractivity contribution >= 4 is 21.6 Å². The molecule has 0 fully saturated rings. The first kappa shape index (κ1) is 21.1. The second kappa shape index (κ2) is 8.91. The van der Waals surface area contributed by atoms with E-state index < -0.39 is 16.1 Å². The van der Waals surface area contributed by atoms with E-state index in [1.165, 1.54) is 16.4 Å². The Kier molecular flexibility index (Phi) is 6.06. The van der Waals surface area contributed by atoms with Crippen LogP contribution in [0.4, 0.5) is 5.69 Å². The van der Waals surface area contributed by atoms with Crippen molar-refractivity contribution in [2.24, 2.45) is 0 Å². The van der Waals surface area contributed by atoms with Crippen LogP contribution in [0.2, 0.25) is 0 Å². The molecule has 31 heavy (non-hydrogen) atoms. The Hall–Kier alpha value is -3.16. The van der Waals surface area contributed by atoms with Gasteiger partial charge in [-0.25, -0.2) is 8.42 Å². The summed E-state index contributed by atoms with van der Waals surface area (Å²) in [5.74, 6) is 0.249. The number of nitrogens with one attached hydrogen (secondary N) is 1. The molecule has 0 bridgehead atoms. The van der Waals surface area contributed by atoms with Gasteiger partial charge in [-0.2, -0.15) is 4.31 Å². The lowest BCUT2D eigenvalue weighted by Gasteiger charge is -2.35. The molecule has 1 heterocycles. The Bertz CT molecular complexity index is 1160. The maximum absolute atomic E-state index is 13.5. The highest BCUT2D eigenvalue weighted by Crippen LogP contribution is 2.30. The number of nitrogens with zero attached hydrogens (tertiary/aromatic N) is 1. The number of rotatable bonds is 6. The first-order chi connectivity index (χ1) is 15.0.